The fraction of sp³-hybridized carbons (Fsp3) is 0.0714. The van der Waals surface area contributed by atoms with Crippen LogP contribution in [0.25, 0.3) is 0 Å². The Hall–Kier alpha value is -1.61. The highest BCUT2D eigenvalue weighted by molar-refractivity contribution is 14.1. The zero-order valence-corrected chi connectivity index (χ0v) is 14.0. The predicted molar refractivity (Wildman–Crippen MR) is 92.0 cm³/mol. The third kappa shape index (κ3) is 3.94. The maximum absolute atomic E-state index is 12.2. The molecular formula is C14H11IN2O3S. The fourth-order valence-corrected chi connectivity index (χ4v) is 2.83. The van der Waals surface area contributed by atoms with E-state index in [0.717, 1.165) is 3.57 Å². The van der Waals surface area contributed by atoms with Crippen LogP contribution in [0.4, 0.5) is 11.4 Å². The first kappa shape index (κ1) is 15.8. The number of rotatable bonds is 4. The van der Waals surface area contributed by atoms with Crippen molar-refractivity contribution in [1.29, 1.82) is 0 Å². The molecule has 108 valence electrons. The molecule has 0 aromatic heterocycles. The lowest BCUT2D eigenvalue weighted by Gasteiger charge is -2.07. The van der Waals surface area contributed by atoms with E-state index in [9.17, 15) is 14.9 Å². The fourth-order valence-electron chi connectivity index (χ4n) is 1.74. The van der Waals surface area contributed by atoms with E-state index in [2.05, 4.69) is 27.9 Å². The number of benzene rings is 2. The first-order chi connectivity index (χ1) is 10.0. The Labute approximate surface area is 139 Å². The van der Waals surface area contributed by atoms with E-state index in [0.29, 0.717) is 10.6 Å². The van der Waals surface area contributed by atoms with Gasteiger partial charge in [0, 0.05) is 20.9 Å². The monoisotopic (exact) mass is 414 g/mol. The highest BCUT2D eigenvalue weighted by Gasteiger charge is 2.17. The largest absolute Gasteiger partial charge is 0.322 e. The van der Waals surface area contributed by atoms with E-state index in [1.807, 2.05) is 18.2 Å². The van der Waals surface area contributed by atoms with Crippen LogP contribution in [0.5, 0.6) is 0 Å². The number of nitro groups is 1. The number of nitro benzene ring substituents is 1. The molecular weight excluding hydrogens is 403 g/mol. The molecule has 0 aliphatic heterocycles. The molecule has 1 N–H and O–H groups in total. The van der Waals surface area contributed by atoms with Gasteiger partial charge in [0.1, 0.15) is 0 Å². The van der Waals surface area contributed by atoms with Crippen molar-refractivity contribution < 1.29 is 9.72 Å². The number of halogens is 1. The molecule has 0 unspecified atom stereocenters. The topological polar surface area (TPSA) is 72.2 Å². The minimum atomic E-state index is -0.478. The van der Waals surface area contributed by atoms with E-state index in [4.69, 9.17) is 0 Å². The minimum absolute atomic E-state index is 0.0576. The Morgan fingerprint density at radius 2 is 2.05 bits per heavy atom. The van der Waals surface area contributed by atoms with E-state index in [1.54, 1.807) is 24.5 Å². The standard InChI is InChI=1S/C14H11IN2O3S/c1-21-13-6-5-9(7-12(13)17(19)20)14(18)16-11-4-2-3-10(15)8-11/h2-8H,1H3,(H,16,18). The highest BCUT2D eigenvalue weighted by Crippen LogP contribution is 2.28. The summed E-state index contributed by atoms with van der Waals surface area (Å²) in [7, 11) is 0. The summed E-state index contributed by atoms with van der Waals surface area (Å²) in [5, 5.41) is 13.7. The average molecular weight is 414 g/mol. The number of hydrogen-bond donors (Lipinski definition) is 1. The van der Waals surface area contributed by atoms with Crippen molar-refractivity contribution >= 4 is 51.6 Å². The summed E-state index contributed by atoms with van der Waals surface area (Å²) in [6.07, 6.45) is 1.76. The Morgan fingerprint density at radius 1 is 1.29 bits per heavy atom. The van der Waals surface area contributed by atoms with Gasteiger partial charge in [0.15, 0.2) is 0 Å². The molecule has 2 aromatic carbocycles. The molecule has 0 radical (unpaired) electrons. The zero-order valence-electron chi connectivity index (χ0n) is 11.0. The molecule has 7 heteroatoms. The Morgan fingerprint density at radius 3 is 2.67 bits per heavy atom. The van der Waals surface area contributed by atoms with Crippen molar-refractivity contribution in [2.75, 3.05) is 11.6 Å². The zero-order chi connectivity index (χ0) is 15.4. The smallest absolute Gasteiger partial charge is 0.283 e. The molecule has 2 aromatic rings. The summed E-state index contributed by atoms with van der Waals surface area (Å²) in [6, 6.07) is 11.8. The van der Waals surface area contributed by atoms with Crippen LogP contribution in [0.1, 0.15) is 10.4 Å². The van der Waals surface area contributed by atoms with Crippen LogP contribution in [0.3, 0.4) is 0 Å². The second-order valence-corrected chi connectivity index (χ2v) is 6.20. The first-order valence-electron chi connectivity index (χ1n) is 5.90. The van der Waals surface area contributed by atoms with Crippen molar-refractivity contribution in [3.8, 4) is 0 Å². The van der Waals surface area contributed by atoms with Crippen LogP contribution in [0.2, 0.25) is 0 Å². The van der Waals surface area contributed by atoms with E-state index in [-0.39, 0.29) is 17.2 Å². The summed E-state index contributed by atoms with van der Waals surface area (Å²) < 4.78 is 0.995. The van der Waals surface area contributed by atoms with Gasteiger partial charge in [-0.15, -0.1) is 11.8 Å². The lowest BCUT2D eigenvalue weighted by Crippen LogP contribution is -2.12. The SMILES string of the molecule is CSc1ccc(C(=O)Nc2cccc(I)c2)cc1[N+](=O)[O-]. The normalized spacial score (nSPS) is 10.2. The van der Waals surface area contributed by atoms with Crippen LogP contribution in [-0.2, 0) is 0 Å². The van der Waals surface area contributed by atoms with Gasteiger partial charge in [-0.3, -0.25) is 14.9 Å². The molecule has 2 rings (SSSR count). The van der Waals surface area contributed by atoms with Crippen molar-refractivity contribution in [1.82, 2.24) is 0 Å². The van der Waals surface area contributed by atoms with Gasteiger partial charge < -0.3 is 5.32 Å². The third-order valence-corrected chi connectivity index (χ3v) is 4.18. The molecule has 0 bridgehead atoms. The number of nitrogens with one attached hydrogen (secondary N) is 1. The lowest BCUT2D eigenvalue weighted by molar-refractivity contribution is -0.387. The van der Waals surface area contributed by atoms with Crippen LogP contribution in [0.15, 0.2) is 47.4 Å². The van der Waals surface area contributed by atoms with E-state index < -0.39 is 4.92 Å². The van der Waals surface area contributed by atoms with Gasteiger partial charge >= 0.3 is 0 Å². The van der Waals surface area contributed by atoms with Gasteiger partial charge in [-0.2, -0.15) is 0 Å². The first-order valence-corrected chi connectivity index (χ1v) is 8.21. The Bertz CT molecular complexity index is 706. The predicted octanol–water partition coefficient (Wildman–Crippen LogP) is 4.17. The highest BCUT2D eigenvalue weighted by atomic mass is 127. The van der Waals surface area contributed by atoms with Gasteiger partial charge in [0.2, 0.25) is 0 Å². The van der Waals surface area contributed by atoms with Crippen LogP contribution in [0, 0.1) is 13.7 Å². The number of amides is 1. The van der Waals surface area contributed by atoms with Gasteiger partial charge in [0.25, 0.3) is 11.6 Å². The number of carbonyl (C=O) groups excluding carboxylic acids is 1. The summed E-state index contributed by atoms with van der Waals surface area (Å²) in [5.41, 5.74) is 0.861. The Balaban J connectivity index is 2.27. The average Bonchev–Trinajstić information content (AvgIpc) is 2.46. The molecule has 0 aliphatic carbocycles. The molecule has 1 amide bonds. The molecule has 0 spiro atoms. The third-order valence-electron chi connectivity index (χ3n) is 2.72. The molecule has 0 saturated heterocycles. The Kier molecular flexibility index (Phi) is 5.18. The number of carbonyl (C=O) groups is 1. The summed E-state index contributed by atoms with van der Waals surface area (Å²) in [6.45, 7) is 0. The number of nitrogens with zero attached hydrogens (tertiary/aromatic N) is 1. The van der Waals surface area contributed by atoms with Gasteiger partial charge in [-0.25, -0.2) is 0 Å². The molecule has 0 atom stereocenters. The second-order valence-electron chi connectivity index (χ2n) is 4.11. The lowest BCUT2D eigenvalue weighted by atomic mass is 10.2. The van der Waals surface area contributed by atoms with Gasteiger partial charge in [-0.1, -0.05) is 6.07 Å². The minimum Gasteiger partial charge on any atom is -0.322 e. The molecule has 21 heavy (non-hydrogen) atoms. The van der Waals surface area contributed by atoms with Crippen molar-refractivity contribution in [3.05, 3.63) is 61.7 Å². The number of thioether (sulfide) groups is 1. The maximum atomic E-state index is 12.2. The van der Waals surface area contributed by atoms with Crippen LogP contribution >= 0.6 is 34.4 Å². The van der Waals surface area contributed by atoms with Gasteiger partial charge in [-0.05, 0) is 59.2 Å². The van der Waals surface area contributed by atoms with E-state index >= 15 is 0 Å². The van der Waals surface area contributed by atoms with Gasteiger partial charge in [0.05, 0.1) is 9.82 Å². The summed E-state index contributed by atoms with van der Waals surface area (Å²) in [5.74, 6) is -0.368. The van der Waals surface area contributed by atoms with Crippen molar-refractivity contribution in [2.24, 2.45) is 0 Å². The quantitative estimate of drug-likeness (QED) is 0.353. The molecule has 0 aliphatic rings. The molecule has 0 fully saturated rings. The maximum Gasteiger partial charge on any atom is 0.283 e. The van der Waals surface area contributed by atoms with Crippen LogP contribution in [-0.4, -0.2) is 17.1 Å². The molecule has 0 heterocycles. The van der Waals surface area contributed by atoms with Crippen LogP contribution < -0.4 is 5.32 Å². The van der Waals surface area contributed by atoms with Crippen molar-refractivity contribution in [3.63, 3.8) is 0 Å². The molecule has 5 nitrogen and oxygen atoms in total. The van der Waals surface area contributed by atoms with Crippen molar-refractivity contribution in [2.45, 2.75) is 4.90 Å². The molecule has 0 saturated carbocycles. The number of hydrogen-bond acceptors (Lipinski definition) is 4. The summed E-state index contributed by atoms with van der Waals surface area (Å²) in [4.78, 5) is 23.2. The second kappa shape index (κ2) is 6.90. The number of anilines is 1. The van der Waals surface area contributed by atoms with E-state index in [1.165, 1.54) is 17.8 Å². The summed E-state index contributed by atoms with van der Waals surface area (Å²) >= 11 is 3.42.